The van der Waals surface area contributed by atoms with Crippen LogP contribution in [0.2, 0.25) is 5.02 Å². The van der Waals surface area contributed by atoms with Gasteiger partial charge in [0.05, 0.1) is 29.8 Å². The van der Waals surface area contributed by atoms with Gasteiger partial charge in [-0.3, -0.25) is 43.7 Å². The highest BCUT2D eigenvalue weighted by atomic mass is 35.5. The number of phenolic OH excluding ortho intramolecular Hbond substituents is 3. The number of hydrogen-bond acceptors (Lipinski definition) is 26. The first-order valence-corrected chi connectivity index (χ1v) is 40.5. The third kappa shape index (κ3) is 19.0. The number of nitrogens with one attached hydrogen (secondary N) is 11. The predicted molar refractivity (Wildman–Crippen MR) is 430 cm³/mol. The van der Waals surface area contributed by atoms with Crippen molar-refractivity contribution in [2.45, 2.75) is 177 Å². The van der Waals surface area contributed by atoms with Crippen molar-refractivity contribution in [2.75, 3.05) is 45.7 Å². The molecular weight excluding hydrogens is 1580 g/mol. The molecule has 4 saturated carbocycles. The van der Waals surface area contributed by atoms with Gasteiger partial charge in [0.1, 0.15) is 120 Å². The van der Waals surface area contributed by atoms with E-state index in [1.54, 1.807) is 13.1 Å². The van der Waals surface area contributed by atoms with E-state index in [1.165, 1.54) is 56.4 Å². The largest absolute Gasteiger partial charge is 0.508 e. The van der Waals surface area contributed by atoms with Crippen molar-refractivity contribution in [1.82, 2.24) is 53.2 Å². The summed E-state index contributed by atoms with van der Waals surface area (Å²) < 4.78 is 37.8. The molecule has 10 amide bonds. The number of rotatable bonds is 21. The number of fused-ring (bicyclic) bond motifs is 15. The molecule has 15 bridgehead atoms. The quantitative estimate of drug-likeness (QED) is 0.0453. The normalized spacial score (nSPS) is 27.2. The standard InChI is InChI=1S/C84H101ClN12O23/c1-7-8-18-115-47-12-16-58(116-19-17-87-5)51(33-47)90-84(114)91-62(101)34-53-77(108)93-66-45-29-59(117-56-14-10-41(21-37(56)4)70(102)68(81(112)89-53)96-76(107)52(88-6)20-36(2)3)75(120-83-74(106)73(105)72(104)61(35-86)119-83)60(30-45)118-57-15-11-42(28-50(57)85)71(103)69-82(113)95-67(80(111)92-64-43-23-38-22-39(25-43)26-44(64)24-38)49-31-46(98)32-55(100)63(49)48-27-40(9-13-54(48)99)65(78(109)97-69)94-79(66)110/h9-16,21,27-33,36,38-39,43-44,52-53,61,64-74,83,87-88,98-100,102-106H,7-8,17-20,22-26,34-35,86H2,1-6H3,(H,89,112)(H,92,111)(H,93,108)(H,94,110)(H,95,113)(H,96,107)(H,97,109)(H2,90,91,101,114)/t38?,39?,43?,44?,52-,53+,61-,64?,65-,66-,67+,68-,69+,70-,71-,72-,73+,74-,83+/m1/s1. The fourth-order valence-electron chi connectivity index (χ4n) is 17.1. The number of aliphatic hydroxyl groups excluding tert-OH is 5. The Hall–Kier alpha value is -11.1. The van der Waals surface area contributed by atoms with Crippen LogP contribution in [0.5, 0.6) is 57.5 Å². The van der Waals surface area contributed by atoms with Gasteiger partial charge in [0.2, 0.25) is 59.3 Å². The Morgan fingerprint density at radius 2 is 1.32 bits per heavy atom. The average molecular weight is 1680 g/mol. The molecule has 10 aliphatic rings. The molecule has 4 aliphatic carbocycles. The summed E-state index contributed by atoms with van der Waals surface area (Å²) in [6.07, 6.45) is -8.59. The molecule has 6 heterocycles. The number of aliphatic hydroxyl groups is 5. The summed E-state index contributed by atoms with van der Waals surface area (Å²) in [5.41, 5.74) is 4.25. The van der Waals surface area contributed by atoms with Gasteiger partial charge < -0.3 is 128 Å². The molecule has 21 N–H and O–H groups in total. The van der Waals surface area contributed by atoms with Crippen molar-refractivity contribution in [1.29, 1.82) is 0 Å². The number of imide groups is 1. The minimum Gasteiger partial charge on any atom is -0.508 e. The molecule has 14 atom stereocenters. The summed E-state index contributed by atoms with van der Waals surface area (Å²) in [7, 11) is 3.19. The van der Waals surface area contributed by atoms with E-state index in [4.69, 9.17) is 45.8 Å². The molecular formula is C84H101ClN12O23. The zero-order chi connectivity index (χ0) is 85.8. The molecule has 35 nitrogen and oxygen atoms in total. The van der Waals surface area contributed by atoms with Crippen molar-refractivity contribution >= 4 is 70.6 Å². The number of aryl methyl sites for hydroxylation is 1. The Balaban J connectivity index is 0.987. The molecule has 1 saturated heterocycles. The lowest BCUT2D eigenvalue weighted by Crippen LogP contribution is -2.60. The number of unbranched alkanes of at least 4 members (excludes halogenated alkanes) is 1. The zero-order valence-corrected chi connectivity index (χ0v) is 67.4. The van der Waals surface area contributed by atoms with E-state index < -0.39 is 192 Å². The minimum absolute atomic E-state index is 0.0264. The number of aromatic hydroxyl groups is 3. The number of benzene rings is 6. The Kier molecular flexibility index (Phi) is 26.9. The lowest BCUT2D eigenvalue weighted by Gasteiger charge is -2.54. The van der Waals surface area contributed by atoms with E-state index in [0.717, 1.165) is 87.1 Å². The van der Waals surface area contributed by atoms with Gasteiger partial charge in [-0.05, 0) is 196 Å². The Bertz CT molecular complexity index is 4870. The second kappa shape index (κ2) is 37.3. The maximum atomic E-state index is 16.5. The number of halogens is 1. The lowest BCUT2D eigenvalue weighted by atomic mass is 9.54. The number of urea groups is 1. The van der Waals surface area contributed by atoms with Crippen LogP contribution in [0.25, 0.3) is 11.1 Å². The van der Waals surface area contributed by atoms with Crippen LogP contribution in [-0.2, 0) is 43.1 Å². The van der Waals surface area contributed by atoms with Crippen molar-refractivity contribution in [3.8, 4) is 68.6 Å². The molecule has 5 fully saturated rings. The zero-order valence-electron chi connectivity index (χ0n) is 66.6. The van der Waals surface area contributed by atoms with Crippen LogP contribution in [0.1, 0.15) is 142 Å². The van der Waals surface area contributed by atoms with Gasteiger partial charge in [0.25, 0.3) is 0 Å². The highest BCUT2D eigenvalue weighted by Crippen LogP contribution is 2.55. The molecule has 120 heavy (non-hydrogen) atoms. The van der Waals surface area contributed by atoms with Crippen LogP contribution >= 0.6 is 11.6 Å². The van der Waals surface area contributed by atoms with Crippen LogP contribution in [0.3, 0.4) is 0 Å². The van der Waals surface area contributed by atoms with Gasteiger partial charge >= 0.3 is 6.03 Å². The second-order valence-corrected chi connectivity index (χ2v) is 32.4. The molecule has 6 aromatic carbocycles. The SMILES string of the molecule is CCCCOc1ccc(OCCNC)c(NC(=O)NC(=O)C[C@@H]2NC(=O)[C@H](NC(=O)[C@@H](CC(C)C)NC)[C@H](O)c3ccc(c(C)c3)Oc3cc4cc(c3O[C@@H]3O[C@H](CN)[C@@H](O)[C@H](O)[C@H]3O)Oc3ccc(cc3Cl)[C@@H](O)[C@@H]3NC(=O)[C@H](NC(=O)[C@@H]4NC2=O)c2ccc(O)c(c2)-c2c(O)cc(O)cc2[C@@H](C(=O)NC2C4CC5CC(C4)CC2C5)NC3=O)c1. The maximum Gasteiger partial charge on any atom is 0.325 e. The number of likely N-dealkylation sites (N-methyl/N-ethyl adjacent to an activating group) is 2. The number of phenols is 3. The molecule has 6 aromatic rings. The monoisotopic (exact) mass is 1680 g/mol. The number of nitrogens with two attached hydrogens (primary N) is 1. The number of amides is 10. The Morgan fingerprint density at radius 3 is 1.98 bits per heavy atom. The molecule has 0 radical (unpaired) electrons. The van der Waals surface area contributed by atoms with Gasteiger partial charge in [-0.1, -0.05) is 57.0 Å². The van der Waals surface area contributed by atoms with Crippen LogP contribution < -0.4 is 87.9 Å². The van der Waals surface area contributed by atoms with Crippen molar-refractivity contribution in [3.05, 3.63) is 135 Å². The molecule has 36 heteroatoms. The minimum atomic E-state index is -2.36. The number of anilines is 1. The van der Waals surface area contributed by atoms with Gasteiger partial charge in [-0.2, -0.15) is 0 Å². The highest BCUT2D eigenvalue weighted by molar-refractivity contribution is 6.32. The molecule has 0 spiro atoms. The van der Waals surface area contributed by atoms with Crippen LogP contribution in [0, 0.1) is 36.5 Å². The summed E-state index contributed by atoms with van der Waals surface area (Å²) in [5.74, 6) is -12.4. The van der Waals surface area contributed by atoms with Crippen LogP contribution in [0.4, 0.5) is 10.5 Å². The van der Waals surface area contributed by atoms with Crippen LogP contribution in [0.15, 0.2) is 97.1 Å². The van der Waals surface area contributed by atoms with Crippen molar-refractivity contribution in [2.24, 2.45) is 35.3 Å². The lowest BCUT2D eigenvalue weighted by molar-refractivity contribution is -0.270. The first-order chi connectivity index (χ1) is 57.4. The fraction of sp³-hybridized carbons (Fsp3) is 0.464. The van der Waals surface area contributed by atoms with Crippen molar-refractivity contribution < 1.29 is 112 Å². The number of carbonyl (C=O) groups excluding carboxylic acids is 9. The second-order valence-electron chi connectivity index (χ2n) is 32.0. The molecule has 0 aromatic heterocycles. The summed E-state index contributed by atoms with van der Waals surface area (Å²) in [6, 6.07) is 4.16. The summed E-state index contributed by atoms with van der Waals surface area (Å²) in [4.78, 5) is 139. The van der Waals surface area contributed by atoms with Crippen LogP contribution in [-0.4, -0.2) is 195 Å². The number of hydrogen-bond donors (Lipinski definition) is 20. The van der Waals surface area contributed by atoms with E-state index in [0.29, 0.717) is 37.2 Å². The smallest absolute Gasteiger partial charge is 0.325 e. The third-order valence-electron chi connectivity index (χ3n) is 23.1. The van der Waals surface area contributed by atoms with Gasteiger partial charge in [-0.15, -0.1) is 0 Å². The fourth-order valence-corrected chi connectivity index (χ4v) is 17.3. The Morgan fingerprint density at radius 1 is 0.650 bits per heavy atom. The van der Waals surface area contributed by atoms with Gasteiger partial charge in [0.15, 0.2) is 11.5 Å². The number of ether oxygens (including phenoxy) is 6. The van der Waals surface area contributed by atoms with E-state index in [9.17, 15) is 55.2 Å². The summed E-state index contributed by atoms with van der Waals surface area (Å²) in [5, 5.41) is 124. The molecule has 0 unspecified atom stereocenters. The average Bonchev–Trinajstić information content (AvgIpc) is 0.754. The summed E-state index contributed by atoms with van der Waals surface area (Å²) >= 11 is 7.21. The molecule has 16 rings (SSSR count). The van der Waals surface area contributed by atoms with E-state index in [-0.39, 0.29) is 104 Å². The number of carbonyl (C=O) groups is 9. The maximum absolute atomic E-state index is 16.5. The topological polar surface area (TPSA) is 529 Å². The summed E-state index contributed by atoms with van der Waals surface area (Å²) in [6.45, 7) is 7.50. The first kappa shape index (κ1) is 86.7. The third-order valence-corrected chi connectivity index (χ3v) is 23.3. The van der Waals surface area contributed by atoms with Gasteiger partial charge in [0, 0.05) is 42.4 Å². The van der Waals surface area contributed by atoms with E-state index in [1.807, 2.05) is 20.8 Å². The first-order valence-electron chi connectivity index (χ1n) is 40.1. The van der Waals surface area contributed by atoms with Gasteiger partial charge in [-0.25, -0.2) is 4.79 Å². The van der Waals surface area contributed by atoms with E-state index in [2.05, 4.69) is 58.5 Å². The Labute approximate surface area is 694 Å². The molecule has 642 valence electrons. The predicted octanol–water partition coefficient (Wildman–Crippen LogP) is 3.99. The molecule has 6 aliphatic heterocycles. The highest BCUT2D eigenvalue weighted by Gasteiger charge is 2.51. The van der Waals surface area contributed by atoms with Crippen molar-refractivity contribution in [3.63, 3.8) is 0 Å². The van der Waals surface area contributed by atoms with E-state index >= 15 is 28.8 Å².